The van der Waals surface area contributed by atoms with Crippen molar-refractivity contribution in [2.45, 2.75) is 64.0 Å². The predicted molar refractivity (Wildman–Crippen MR) is 151 cm³/mol. The Kier molecular flexibility index (Phi) is 9.25. The standard InChI is InChI=1S/C32H33ClO8/c1-4-36-25-13-10-21(11-14-25)16-24-17-23(12-15-26(24)33)28-30(38-19(2)34)31(39-20(3)35)29-27(40-28)18-37-32(41-29)22-8-6-5-7-9-22/h5-15,17,27-32H,4,16,18H2,1-3H3. The van der Waals surface area contributed by atoms with Crippen LogP contribution >= 0.6 is 11.6 Å². The van der Waals surface area contributed by atoms with Crippen LogP contribution in [0.4, 0.5) is 0 Å². The first kappa shape index (κ1) is 29.1. The molecule has 2 fully saturated rings. The van der Waals surface area contributed by atoms with Crippen LogP contribution in [0.5, 0.6) is 5.75 Å². The smallest absolute Gasteiger partial charge is 0.303 e. The lowest BCUT2D eigenvalue weighted by Crippen LogP contribution is -2.61. The van der Waals surface area contributed by atoms with Crippen molar-refractivity contribution >= 4 is 23.5 Å². The lowest BCUT2D eigenvalue weighted by molar-refractivity contribution is -0.331. The molecule has 3 aromatic carbocycles. The molecule has 3 aromatic rings. The average Bonchev–Trinajstić information content (AvgIpc) is 2.96. The van der Waals surface area contributed by atoms with Gasteiger partial charge < -0.3 is 28.4 Å². The SMILES string of the molecule is CCOc1ccc(Cc2cc(C3OC4COC(c5ccccc5)OC4C(OC(C)=O)C3OC(C)=O)ccc2Cl)cc1. The highest BCUT2D eigenvalue weighted by Crippen LogP contribution is 2.42. The van der Waals surface area contributed by atoms with Crippen LogP contribution < -0.4 is 4.74 Å². The number of hydrogen-bond donors (Lipinski definition) is 0. The molecule has 2 saturated heterocycles. The first-order chi connectivity index (χ1) is 19.8. The van der Waals surface area contributed by atoms with E-state index in [1.807, 2.05) is 73.7 Å². The van der Waals surface area contributed by atoms with Crippen molar-refractivity contribution in [2.24, 2.45) is 0 Å². The number of rotatable bonds is 8. The van der Waals surface area contributed by atoms with E-state index in [1.165, 1.54) is 13.8 Å². The first-order valence-corrected chi connectivity index (χ1v) is 14.0. The molecule has 5 rings (SSSR count). The van der Waals surface area contributed by atoms with Gasteiger partial charge in [0.15, 0.2) is 18.5 Å². The fourth-order valence-electron chi connectivity index (χ4n) is 5.27. The molecule has 0 N–H and O–H groups in total. The Balaban J connectivity index is 1.45. The quantitative estimate of drug-likeness (QED) is 0.311. The number of halogens is 1. The molecule has 2 heterocycles. The first-order valence-electron chi connectivity index (χ1n) is 13.6. The summed E-state index contributed by atoms with van der Waals surface area (Å²) in [7, 11) is 0. The minimum absolute atomic E-state index is 0.192. The Morgan fingerprint density at radius 2 is 1.59 bits per heavy atom. The number of ether oxygens (including phenoxy) is 6. The van der Waals surface area contributed by atoms with Crippen molar-refractivity contribution in [1.29, 1.82) is 0 Å². The van der Waals surface area contributed by atoms with Gasteiger partial charge >= 0.3 is 11.9 Å². The number of hydrogen-bond acceptors (Lipinski definition) is 8. The van der Waals surface area contributed by atoms with Gasteiger partial charge in [-0.3, -0.25) is 9.59 Å². The molecular weight excluding hydrogens is 548 g/mol. The molecule has 0 amide bonds. The van der Waals surface area contributed by atoms with Gasteiger partial charge in [0.05, 0.1) is 13.2 Å². The Morgan fingerprint density at radius 1 is 0.878 bits per heavy atom. The zero-order chi connectivity index (χ0) is 28.9. The minimum Gasteiger partial charge on any atom is -0.494 e. The van der Waals surface area contributed by atoms with Crippen molar-refractivity contribution in [1.82, 2.24) is 0 Å². The van der Waals surface area contributed by atoms with Gasteiger partial charge in [-0.15, -0.1) is 0 Å². The van der Waals surface area contributed by atoms with E-state index in [-0.39, 0.29) is 6.61 Å². The van der Waals surface area contributed by atoms with E-state index in [0.29, 0.717) is 18.1 Å². The van der Waals surface area contributed by atoms with Crippen LogP contribution in [0.2, 0.25) is 5.02 Å². The summed E-state index contributed by atoms with van der Waals surface area (Å²) in [5.74, 6) is -0.256. The lowest BCUT2D eigenvalue weighted by Gasteiger charge is -2.48. The van der Waals surface area contributed by atoms with Crippen LogP contribution in [-0.2, 0) is 39.7 Å². The Bertz CT molecular complexity index is 1350. The monoisotopic (exact) mass is 580 g/mol. The number of carbonyl (C=O) groups is 2. The van der Waals surface area contributed by atoms with E-state index in [9.17, 15) is 9.59 Å². The number of esters is 2. The van der Waals surface area contributed by atoms with Gasteiger partial charge in [-0.25, -0.2) is 0 Å². The predicted octanol–water partition coefficient (Wildman–Crippen LogP) is 5.75. The Hall–Kier alpha value is -3.43. The lowest BCUT2D eigenvalue weighted by atomic mass is 9.89. The van der Waals surface area contributed by atoms with Gasteiger partial charge in [0.25, 0.3) is 0 Å². The van der Waals surface area contributed by atoms with Crippen LogP contribution in [0.3, 0.4) is 0 Å². The molecule has 0 saturated carbocycles. The fourth-order valence-corrected chi connectivity index (χ4v) is 5.46. The third-order valence-electron chi connectivity index (χ3n) is 7.03. The molecule has 8 nitrogen and oxygen atoms in total. The highest BCUT2D eigenvalue weighted by atomic mass is 35.5. The average molecular weight is 581 g/mol. The van der Waals surface area contributed by atoms with E-state index in [1.54, 1.807) is 6.07 Å². The molecule has 6 unspecified atom stereocenters. The molecule has 0 radical (unpaired) electrons. The Morgan fingerprint density at radius 3 is 2.27 bits per heavy atom. The van der Waals surface area contributed by atoms with Crippen molar-refractivity contribution in [2.75, 3.05) is 13.2 Å². The molecule has 0 aromatic heterocycles. The van der Waals surface area contributed by atoms with Crippen LogP contribution in [0.25, 0.3) is 0 Å². The molecule has 0 bridgehead atoms. The second kappa shape index (κ2) is 13.0. The highest BCUT2D eigenvalue weighted by molar-refractivity contribution is 6.31. The van der Waals surface area contributed by atoms with E-state index in [0.717, 1.165) is 28.0 Å². The second-order valence-corrected chi connectivity index (χ2v) is 10.4. The molecule has 216 valence electrons. The van der Waals surface area contributed by atoms with Crippen molar-refractivity contribution in [3.8, 4) is 5.75 Å². The van der Waals surface area contributed by atoms with Crippen LogP contribution in [0.1, 0.15) is 55.4 Å². The maximum absolute atomic E-state index is 12.3. The number of fused-ring (bicyclic) bond motifs is 1. The number of benzene rings is 3. The summed E-state index contributed by atoms with van der Waals surface area (Å²) in [6.45, 7) is 5.35. The molecule has 9 heteroatoms. The molecule has 0 aliphatic carbocycles. The van der Waals surface area contributed by atoms with Crippen molar-refractivity contribution in [3.63, 3.8) is 0 Å². The van der Waals surface area contributed by atoms with E-state index >= 15 is 0 Å². The summed E-state index contributed by atoms with van der Waals surface area (Å²) in [6.07, 6.45) is -4.09. The number of carbonyl (C=O) groups excluding carboxylic acids is 2. The van der Waals surface area contributed by atoms with Crippen molar-refractivity contribution in [3.05, 3.63) is 100 Å². The van der Waals surface area contributed by atoms with Crippen LogP contribution in [0.15, 0.2) is 72.8 Å². The minimum atomic E-state index is -0.966. The van der Waals surface area contributed by atoms with Gasteiger partial charge in [0.1, 0.15) is 24.1 Å². The maximum atomic E-state index is 12.3. The highest BCUT2D eigenvalue weighted by Gasteiger charge is 2.53. The fraction of sp³-hybridized carbons (Fsp3) is 0.375. The largest absolute Gasteiger partial charge is 0.494 e. The zero-order valence-electron chi connectivity index (χ0n) is 23.2. The van der Waals surface area contributed by atoms with Gasteiger partial charge in [-0.1, -0.05) is 66.2 Å². The molecular formula is C32H33ClO8. The summed E-state index contributed by atoms with van der Waals surface area (Å²) in [4.78, 5) is 24.5. The van der Waals surface area contributed by atoms with Crippen LogP contribution in [-0.4, -0.2) is 49.6 Å². The summed E-state index contributed by atoms with van der Waals surface area (Å²) in [5.41, 5.74) is 3.45. The normalized spacial score (nSPS) is 25.6. The van der Waals surface area contributed by atoms with Crippen molar-refractivity contribution < 1.29 is 38.0 Å². The van der Waals surface area contributed by atoms with Gasteiger partial charge in [-0.05, 0) is 48.2 Å². The van der Waals surface area contributed by atoms with E-state index in [2.05, 4.69) is 0 Å². The molecule has 6 atom stereocenters. The maximum Gasteiger partial charge on any atom is 0.303 e. The second-order valence-electron chi connectivity index (χ2n) is 10.0. The summed E-state index contributed by atoms with van der Waals surface area (Å²) < 4.78 is 35.9. The Labute approximate surface area is 244 Å². The van der Waals surface area contributed by atoms with Gasteiger partial charge in [0, 0.05) is 24.4 Å². The topological polar surface area (TPSA) is 89.5 Å². The van der Waals surface area contributed by atoms with E-state index < -0.39 is 48.7 Å². The van der Waals surface area contributed by atoms with Crippen LogP contribution in [0, 0.1) is 0 Å². The van der Waals surface area contributed by atoms with E-state index in [4.69, 9.17) is 40.0 Å². The molecule has 41 heavy (non-hydrogen) atoms. The summed E-state index contributed by atoms with van der Waals surface area (Å²) >= 11 is 6.61. The third kappa shape index (κ3) is 6.90. The molecule has 2 aliphatic rings. The third-order valence-corrected chi connectivity index (χ3v) is 7.40. The van der Waals surface area contributed by atoms with Gasteiger partial charge in [0.2, 0.25) is 0 Å². The molecule has 2 aliphatic heterocycles. The summed E-state index contributed by atoms with van der Waals surface area (Å²) in [6, 6.07) is 22.8. The van der Waals surface area contributed by atoms with Gasteiger partial charge in [-0.2, -0.15) is 0 Å². The summed E-state index contributed by atoms with van der Waals surface area (Å²) in [5, 5.41) is 0.590. The zero-order valence-corrected chi connectivity index (χ0v) is 23.9. The molecule has 0 spiro atoms.